The van der Waals surface area contributed by atoms with Crippen LogP contribution in [-0.2, 0) is 13.3 Å². The van der Waals surface area contributed by atoms with Crippen LogP contribution in [0.15, 0.2) is 0 Å². The van der Waals surface area contributed by atoms with Crippen molar-refractivity contribution in [3.05, 3.63) is 0 Å². The molecule has 1 atom stereocenters. The van der Waals surface area contributed by atoms with Crippen LogP contribution in [0.4, 0.5) is 0 Å². The molecule has 5 heteroatoms. The molecule has 0 fully saturated rings. The number of hydrogen-bond acceptors (Lipinski definition) is 4. The first-order valence-corrected chi connectivity index (χ1v) is 10.3. The molecule has 0 bridgehead atoms. The molecule has 0 aliphatic heterocycles. The van der Waals surface area contributed by atoms with Gasteiger partial charge >= 0.3 is 8.80 Å². The molecule has 0 amide bonds. The van der Waals surface area contributed by atoms with Crippen molar-refractivity contribution in [1.29, 1.82) is 0 Å². The quantitative estimate of drug-likeness (QED) is 0.298. The molecule has 20 heavy (non-hydrogen) atoms. The van der Waals surface area contributed by atoms with Crippen molar-refractivity contribution in [2.45, 2.75) is 84.9 Å². The summed E-state index contributed by atoms with van der Waals surface area (Å²) < 4.78 is 18.3. The molecule has 0 aliphatic carbocycles. The predicted octanol–water partition coefficient (Wildman–Crippen LogP) is 4.07. The number of hydrogen-bond donors (Lipinski definition) is 1. The monoisotopic (exact) mass is 305 g/mol. The number of rotatable bonds is 14. The lowest BCUT2D eigenvalue weighted by Crippen LogP contribution is -2.50. The topological polar surface area (TPSA) is 53.7 Å². The van der Waals surface area contributed by atoms with Gasteiger partial charge in [-0.3, -0.25) is 0 Å². The van der Waals surface area contributed by atoms with Crippen LogP contribution in [0.2, 0.25) is 6.04 Å². The van der Waals surface area contributed by atoms with Crippen molar-refractivity contribution in [3.63, 3.8) is 0 Å². The van der Waals surface area contributed by atoms with Crippen LogP contribution in [0.1, 0.15) is 72.6 Å². The lowest BCUT2D eigenvalue weighted by Gasteiger charge is -2.32. The van der Waals surface area contributed by atoms with E-state index in [0.29, 0.717) is 13.2 Å². The van der Waals surface area contributed by atoms with Gasteiger partial charge in [-0.1, -0.05) is 53.4 Å². The fraction of sp³-hybridized carbons (Fsp3) is 1.00. The summed E-state index contributed by atoms with van der Waals surface area (Å²) in [4.78, 5) is 0. The Hall–Kier alpha value is 0.0569. The average Bonchev–Trinajstić information content (AvgIpc) is 2.40. The van der Waals surface area contributed by atoms with Gasteiger partial charge in [0, 0.05) is 19.3 Å². The van der Waals surface area contributed by atoms with Gasteiger partial charge in [0.1, 0.15) is 0 Å². The van der Waals surface area contributed by atoms with Gasteiger partial charge in [-0.15, -0.1) is 0 Å². The largest absolute Gasteiger partial charge is 0.502 e. The van der Waals surface area contributed by atoms with E-state index in [1.165, 1.54) is 0 Å². The van der Waals surface area contributed by atoms with Crippen LogP contribution in [0.5, 0.6) is 0 Å². The first kappa shape index (κ1) is 20.1. The summed E-state index contributed by atoms with van der Waals surface area (Å²) in [5.41, 5.74) is 6.06. The van der Waals surface area contributed by atoms with Crippen LogP contribution in [0.25, 0.3) is 0 Å². The van der Waals surface area contributed by atoms with Crippen LogP contribution in [0.3, 0.4) is 0 Å². The maximum absolute atomic E-state index is 6.09. The van der Waals surface area contributed by atoms with E-state index in [-0.39, 0.29) is 6.23 Å². The van der Waals surface area contributed by atoms with Crippen molar-refractivity contribution < 1.29 is 13.3 Å². The van der Waals surface area contributed by atoms with Gasteiger partial charge in [0.05, 0.1) is 6.23 Å². The molecular formula is C15H35NO3Si. The number of unbranched alkanes of at least 4 members (excludes halogenated alkanes) is 2. The molecule has 4 nitrogen and oxygen atoms in total. The van der Waals surface area contributed by atoms with Gasteiger partial charge in [-0.25, -0.2) is 0 Å². The summed E-state index contributed by atoms with van der Waals surface area (Å²) in [6, 6.07) is 0.859. The Morgan fingerprint density at radius 1 is 0.850 bits per heavy atom. The van der Waals surface area contributed by atoms with E-state index in [1.807, 2.05) is 0 Å². The van der Waals surface area contributed by atoms with Crippen LogP contribution >= 0.6 is 0 Å². The Bertz CT molecular complexity index is 207. The van der Waals surface area contributed by atoms with Gasteiger partial charge in [0.25, 0.3) is 0 Å². The molecule has 0 rings (SSSR count). The zero-order valence-electron chi connectivity index (χ0n) is 14.0. The van der Waals surface area contributed by atoms with Crippen molar-refractivity contribution in [1.82, 2.24) is 0 Å². The predicted molar refractivity (Wildman–Crippen MR) is 86.5 cm³/mol. The highest BCUT2D eigenvalue weighted by atomic mass is 28.4. The highest BCUT2D eigenvalue weighted by Crippen LogP contribution is 2.21. The maximum atomic E-state index is 6.09. The average molecular weight is 306 g/mol. The smallest absolute Gasteiger partial charge is 0.373 e. The van der Waals surface area contributed by atoms with Crippen LogP contribution in [-0.4, -0.2) is 28.2 Å². The van der Waals surface area contributed by atoms with Crippen molar-refractivity contribution in [3.8, 4) is 0 Å². The minimum Gasteiger partial charge on any atom is -0.373 e. The minimum absolute atomic E-state index is 0.263. The maximum Gasteiger partial charge on any atom is 0.502 e. The number of nitrogens with two attached hydrogens (primary N) is 1. The van der Waals surface area contributed by atoms with E-state index in [1.54, 1.807) is 0 Å². The summed E-state index contributed by atoms with van der Waals surface area (Å²) in [6.45, 7) is 10.0. The fourth-order valence-electron chi connectivity index (χ4n) is 1.94. The van der Waals surface area contributed by atoms with E-state index in [4.69, 9.17) is 19.0 Å². The van der Waals surface area contributed by atoms with Crippen LogP contribution in [0, 0.1) is 0 Å². The zero-order chi connectivity index (χ0) is 15.3. The summed E-state index contributed by atoms with van der Waals surface area (Å²) in [5, 5.41) is 0. The van der Waals surface area contributed by atoms with E-state index in [0.717, 1.165) is 51.0 Å². The molecule has 2 N–H and O–H groups in total. The van der Waals surface area contributed by atoms with E-state index >= 15 is 0 Å². The molecular weight excluding hydrogens is 270 g/mol. The summed E-state index contributed by atoms with van der Waals surface area (Å²) in [7, 11) is -2.60. The van der Waals surface area contributed by atoms with Gasteiger partial charge in [-0.05, 0) is 19.3 Å². The van der Waals surface area contributed by atoms with Gasteiger partial charge in [0.15, 0.2) is 0 Å². The van der Waals surface area contributed by atoms with E-state index < -0.39 is 8.80 Å². The molecule has 0 aromatic rings. The second-order valence-corrected chi connectivity index (χ2v) is 7.96. The first-order valence-electron chi connectivity index (χ1n) is 8.35. The molecule has 0 aromatic carbocycles. The third-order valence-electron chi connectivity index (χ3n) is 3.10. The van der Waals surface area contributed by atoms with Gasteiger partial charge in [-0.2, -0.15) is 0 Å². The SMILES string of the molecule is CCCCO[Si](CCC)(OCCCC)OC(N)CCC. The van der Waals surface area contributed by atoms with Crippen molar-refractivity contribution in [2.75, 3.05) is 13.2 Å². The molecule has 0 radical (unpaired) electrons. The second kappa shape index (κ2) is 12.8. The summed E-state index contributed by atoms with van der Waals surface area (Å²) in [6.07, 6.45) is 6.93. The lowest BCUT2D eigenvalue weighted by molar-refractivity contribution is 0.0240. The third-order valence-corrected chi connectivity index (χ3v) is 6.16. The summed E-state index contributed by atoms with van der Waals surface area (Å²) >= 11 is 0. The Labute approximate surface area is 126 Å². The normalized spacial score (nSPS) is 13.7. The molecule has 0 saturated carbocycles. The van der Waals surface area contributed by atoms with Gasteiger partial charge in [0.2, 0.25) is 0 Å². The highest BCUT2D eigenvalue weighted by Gasteiger charge is 2.41. The zero-order valence-corrected chi connectivity index (χ0v) is 15.0. The third kappa shape index (κ3) is 9.08. The molecule has 122 valence electrons. The van der Waals surface area contributed by atoms with Crippen molar-refractivity contribution >= 4 is 8.80 Å². The molecule has 0 aliphatic rings. The van der Waals surface area contributed by atoms with Crippen molar-refractivity contribution in [2.24, 2.45) is 5.73 Å². The fourth-order valence-corrected chi connectivity index (χ4v) is 4.67. The van der Waals surface area contributed by atoms with Gasteiger partial charge < -0.3 is 19.0 Å². The Morgan fingerprint density at radius 2 is 1.40 bits per heavy atom. The Kier molecular flexibility index (Phi) is 12.8. The molecule has 0 aromatic heterocycles. The minimum atomic E-state index is -2.60. The highest BCUT2D eigenvalue weighted by molar-refractivity contribution is 6.60. The van der Waals surface area contributed by atoms with E-state index in [2.05, 4.69) is 27.7 Å². The first-order chi connectivity index (χ1) is 9.64. The lowest BCUT2D eigenvalue weighted by atomic mass is 10.3. The second-order valence-electron chi connectivity index (χ2n) is 5.28. The summed E-state index contributed by atoms with van der Waals surface area (Å²) in [5.74, 6) is 0. The van der Waals surface area contributed by atoms with Crippen LogP contribution < -0.4 is 5.73 Å². The Morgan fingerprint density at radius 3 is 1.80 bits per heavy atom. The Balaban J connectivity index is 4.61. The standard InChI is InChI=1S/C15H35NO3Si/c1-5-9-12-17-20(14-8-4,18-13-10-6-2)19-15(16)11-7-3/h15H,5-14,16H2,1-4H3. The molecule has 0 heterocycles. The molecule has 0 spiro atoms. The molecule has 0 saturated heterocycles. The van der Waals surface area contributed by atoms with E-state index in [9.17, 15) is 0 Å². The molecule has 1 unspecified atom stereocenters.